The van der Waals surface area contributed by atoms with E-state index in [2.05, 4.69) is 6.58 Å². The lowest BCUT2D eigenvalue weighted by Crippen LogP contribution is -2.09. The molecule has 0 unspecified atom stereocenters. The molecule has 0 aliphatic rings. The van der Waals surface area contributed by atoms with Gasteiger partial charge in [0.25, 0.3) is 0 Å². The van der Waals surface area contributed by atoms with Gasteiger partial charge in [-0.3, -0.25) is 0 Å². The van der Waals surface area contributed by atoms with Gasteiger partial charge < -0.3 is 4.74 Å². The largest absolute Gasteiger partial charge is 0.494 e. The van der Waals surface area contributed by atoms with E-state index in [0.717, 1.165) is 12.8 Å². The van der Waals surface area contributed by atoms with Gasteiger partial charge in [-0.2, -0.15) is 13.2 Å². The third kappa shape index (κ3) is 4.13. The van der Waals surface area contributed by atoms with Crippen LogP contribution in [0.4, 0.5) is 13.2 Å². The molecule has 0 aliphatic carbocycles. The predicted octanol–water partition coefficient (Wildman–Crippen LogP) is 4.44. The Kier molecular flexibility index (Phi) is 4.61. The maximum Gasteiger partial charge on any atom is 0.416 e. The Morgan fingerprint density at radius 1 is 1.35 bits per heavy atom. The molecule has 1 aromatic rings. The highest BCUT2D eigenvalue weighted by Crippen LogP contribution is 2.33. The van der Waals surface area contributed by atoms with E-state index in [1.165, 1.54) is 18.2 Å². The fourth-order valence-corrected chi connectivity index (χ4v) is 1.27. The van der Waals surface area contributed by atoms with Crippen LogP contribution in [0.2, 0.25) is 0 Å². The molecule has 0 saturated carbocycles. The van der Waals surface area contributed by atoms with Crippen molar-refractivity contribution >= 4 is 5.57 Å². The topological polar surface area (TPSA) is 9.23 Å². The summed E-state index contributed by atoms with van der Waals surface area (Å²) in [7, 11) is 0. The molecule has 0 saturated heterocycles. The molecule has 1 nitrogen and oxygen atoms in total. The quantitative estimate of drug-likeness (QED) is 0.696. The average Bonchev–Trinajstić information content (AvgIpc) is 2.28. The second kappa shape index (κ2) is 5.75. The van der Waals surface area contributed by atoms with Gasteiger partial charge in [-0.15, -0.1) is 0 Å². The molecular weight excluding hydrogens is 229 g/mol. The highest BCUT2D eigenvalue weighted by Gasteiger charge is 2.32. The minimum Gasteiger partial charge on any atom is -0.494 e. The molecule has 0 heterocycles. The first-order valence-electron chi connectivity index (χ1n) is 5.44. The second-order valence-corrected chi connectivity index (χ2v) is 3.71. The van der Waals surface area contributed by atoms with Gasteiger partial charge in [0.2, 0.25) is 0 Å². The van der Waals surface area contributed by atoms with Crippen LogP contribution in [-0.2, 0) is 0 Å². The van der Waals surface area contributed by atoms with Crippen molar-refractivity contribution in [2.45, 2.75) is 25.9 Å². The summed E-state index contributed by atoms with van der Waals surface area (Å²) in [4.78, 5) is 0. The Hall–Kier alpha value is -1.45. The fourth-order valence-electron chi connectivity index (χ4n) is 1.27. The molecule has 0 aliphatic heterocycles. The van der Waals surface area contributed by atoms with Crippen molar-refractivity contribution in [2.75, 3.05) is 6.61 Å². The average molecular weight is 244 g/mol. The van der Waals surface area contributed by atoms with Crippen LogP contribution < -0.4 is 4.74 Å². The summed E-state index contributed by atoms with van der Waals surface area (Å²) in [6.07, 6.45) is -2.54. The molecule has 94 valence electrons. The normalized spacial score (nSPS) is 11.3. The molecule has 1 rings (SSSR count). The zero-order valence-electron chi connectivity index (χ0n) is 9.68. The predicted molar refractivity (Wildman–Crippen MR) is 61.9 cm³/mol. The second-order valence-electron chi connectivity index (χ2n) is 3.71. The van der Waals surface area contributed by atoms with Crippen molar-refractivity contribution in [3.63, 3.8) is 0 Å². The maximum absolute atomic E-state index is 12.4. The minimum atomic E-state index is -4.40. The molecule has 0 bridgehead atoms. The molecule has 0 fully saturated rings. The van der Waals surface area contributed by atoms with Crippen molar-refractivity contribution in [3.05, 3.63) is 36.4 Å². The highest BCUT2D eigenvalue weighted by molar-refractivity contribution is 5.68. The number of halogens is 3. The van der Waals surface area contributed by atoms with Crippen molar-refractivity contribution < 1.29 is 17.9 Å². The number of hydrogen-bond acceptors (Lipinski definition) is 1. The van der Waals surface area contributed by atoms with Crippen LogP contribution in [0.3, 0.4) is 0 Å². The van der Waals surface area contributed by atoms with E-state index in [1.54, 1.807) is 6.07 Å². The molecule has 0 amide bonds. The summed E-state index contributed by atoms with van der Waals surface area (Å²) in [5.41, 5.74) is -0.801. The van der Waals surface area contributed by atoms with Crippen LogP contribution in [0.1, 0.15) is 25.3 Å². The number of unbranched alkanes of at least 4 members (excludes halogenated alkanes) is 1. The molecule has 0 spiro atoms. The van der Waals surface area contributed by atoms with Crippen molar-refractivity contribution in [1.82, 2.24) is 0 Å². The van der Waals surface area contributed by atoms with Gasteiger partial charge >= 0.3 is 6.18 Å². The zero-order chi connectivity index (χ0) is 12.9. The monoisotopic (exact) mass is 244 g/mol. The molecule has 0 radical (unpaired) electrons. The van der Waals surface area contributed by atoms with Gasteiger partial charge in [-0.25, -0.2) is 0 Å². The minimum absolute atomic E-state index is 0.0477. The highest BCUT2D eigenvalue weighted by atomic mass is 19.4. The van der Waals surface area contributed by atoms with Gasteiger partial charge in [-0.05, 0) is 24.1 Å². The van der Waals surface area contributed by atoms with Crippen LogP contribution in [-0.4, -0.2) is 12.8 Å². The SMILES string of the molecule is C=C(c1cccc(OCCCC)c1)C(F)(F)F. The first-order chi connectivity index (χ1) is 7.95. The number of allylic oxidation sites excluding steroid dienone is 1. The van der Waals surface area contributed by atoms with Gasteiger partial charge in [0.05, 0.1) is 12.2 Å². The fraction of sp³-hybridized carbons (Fsp3) is 0.385. The van der Waals surface area contributed by atoms with E-state index < -0.39 is 11.7 Å². The van der Waals surface area contributed by atoms with E-state index in [1.807, 2.05) is 6.92 Å². The van der Waals surface area contributed by atoms with E-state index in [9.17, 15) is 13.2 Å². The van der Waals surface area contributed by atoms with E-state index in [4.69, 9.17) is 4.74 Å². The van der Waals surface area contributed by atoms with E-state index in [-0.39, 0.29) is 5.56 Å². The molecule has 0 N–H and O–H groups in total. The Labute approximate surface area is 98.9 Å². The molecular formula is C13H15F3O. The number of ether oxygens (including phenoxy) is 1. The van der Waals surface area contributed by atoms with Gasteiger partial charge in [-0.1, -0.05) is 32.1 Å². The van der Waals surface area contributed by atoms with Crippen LogP contribution in [0, 0.1) is 0 Å². The van der Waals surface area contributed by atoms with Crippen LogP contribution in [0.15, 0.2) is 30.8 Å². The first-order valence-corrected chi connectivity index (χ1v) is 5.44. The lowest BCUT2D eigenvalue weighted by atomic mass is 10.1. The van der Waals surface area contributed by atoms with Gasteiger partial charge in [0, 0.05) is 0 Å². The zero-order valence-corrected chi connectivity index (χ0v) is 9.68. The number of alkyl halides is 3. The number of rotatable bonds is 5. The van der Waals surface area contributed by atoms with Crippen molar-refractivity contribution in [1.29, 1.82) is 0 Å². The smallest absolute Gasteiger partial charge is 0.416 e. The van der Waals surface area contributed by atoms with Crippen LogP contribution in [0.25, 0.3) is 5.57 Å². The molecule has 1 aromatic carbocycles. The molecule has 4 heteroatoms. The van der Waals surface area contributed by atoms with Gasteiger partial charge in [0.1, 0.15) is 5.75 Å². The van der Waals surface area contributed by atoms with Gasteiger partial charge in [0.15, 0.2) is 0 Å². The molecule has 0 atom stereocenters. The Morgan fingerprint density at radius 2 is 2.06 bits per heavy atom. The van der Waals surface area contributed by atoms with Crippen molar-refractivity contribution in [2.24, 2.45) is 0 Å². The lowest BCUT2D eigenvalue weighted by molar-refractivity contribution is -0.0686. The Balaban J connectivity index is 2.75. The van der Waals surface area contributed by atoms with E-state index >= 15 is 0 Å². The van der Waals surface area contributed by atoms with Crippen LogP contribution >= 0.6 is 0 Å². The lowest BCUT2D eigenvalue weighted by Gasteiger charge is -2.12. The number of hydrogen-bond donors (Lipinski definition) is 0. The maximum atomic E-state index is 12.4. The third-order valence-electron chi connectivity index (χ3n) is 2.29. The summed E-state index contributed by atoms with van der Waals surface area (Å²) in [6.45, 7) is 5.58. The van der Waals surface area contributed by atoms with Crippen LogP contribution in [0.5, 0.6) is 5.75 Å². The molecule has 0 aromatic heterocycles. The Morgan fingerprint density at radius 3 is 2.65 bits per heavy atom. The summed E-state index contributed by atoms with van der Waals surface area (Å²) in [5.74, 6) is 0.446. The standard InChI is InChI=1S/C13H15F3O/c1-3-4-8-17-12-7-5-6-11(9-12)10(2)13(14,15)16/h5-7,9H,2-4,8H2,1H3. The first kappa shape index (κ1) is 13.6. The summed E-state index contributed by atoms with van der Waals surface area (Å²) >= 11 is 0. The third-order valence-corrected chi connectivity index (χ3v) is 2.29. The summed E-state index contributed by atoms with van der Waals surface area (Å²) in [6, 6.07) is 5.92. The van der Waals surface area contributed by atoms with Crippen molar-refractivity contribution in [3.8, 4) is 5.75 Å². The summed E-state index contributed by atoms with van der Waals surface area (Å²) in [5, 5.41) is 0. The van der Waals surface area contributed by atoms with E-state index in [0.29, 0.717) is 12.4 Å². The Bertz CT molecular complexity index is 382. The molecule has 17 heavy (non-hydrogen) atoms. The number of benzene rings is 1. The summed E-state index contributed by atoms with van der Waals surface area (Å²) < 4.78 is 42.6.